The molecule has 1 amide bonds. The van der Waals surface area contributed by atoms with E-state index in [1.165, 1.54) is 16.4 Å². The molecular formula is C25H26ClN3O3S. The van der Waals surface area contributed by atoms with E-state index in [4.69, 9.17) is 11.6 Å². The molecule has 0 aliphatic carbocycles. The van der Waals surface area contributed by atoms with E-state index in [1.54, 1.807) is 18.2 Å². The molecule has 1 saturated heterocycles. The molecule has 0 unspecified atom stereocenters. The third-order valence-corrected chi connectivity index (χ3v) is 8.04. The minimum atomic E-state index is -3.59. The number of amides is 1. The van der Waals surface area contributed by atoms with Gasteiger partial charge in [0.05, 0.1) is 16.2 Å². The van der Waals surface area contributed by atoms with Crippen LogP contribution in [0.4, 0.5) is 5.69 Å². The van der Waals surface area contributed by atoms with Crippen LogP contribution >= 0.6 is 11.6 Å². The molecule has 0 bridgehead atoms. The first-order valence-electron chi connectivity index (χ1n) is 10.9. The summed E-state index contributed by atoms with van der Waals surface area (Å²) < 4.78 is 27.5. The second kappa shape index (κ2) is 9.63. The summed E-state index contributed by atoms with van der Waals surface area (Å²) in [5, 5.41) is 3.46. The number of anilines is 1. The number of benzene rings is 2. The number of aryl methyl sites for hydroxylation is 2. The molecule has 0 saturated carbocycles. The maximum atomic E-state index is 13.1. The third-order valence-electron chi connectivity index (χ3n) is 5.88. The summed E-state index contributed by atoms with van der Waals surface area (Å²) >= 11 is 5.90. The highest BCUT2D eigenvalue weighted by molar-refractivity contribution is 7.89. The number of halogens is 1. The fraction of sp³-hybridized carbons (Fsp3) is 0.280. The number of pyridine rings is 1. The van der Waals surface area contributed by atoms with Crippen molar-refractivity contribution in [2.75, 3.05) is 18.4 Å². The molecule has 0 spiro atoms. The molecule has 172 valence electrons. The number of nitrogens with one attached hydrogen (secondary N) is 1. The van der Waals surface area contributed by atoms with Crippen LogP contribution < -0.4 is 5.32 Å². The van der Waals surface area contributed by atoms with Crippen LogP contribution in [0.3, 0.4) is 0 Å². The Bertz CT molecular complexity index is 1270. The quantitative estimate of drug-likeness (QED) is 0.542. The smallest absolute Gasteiger partial charge is 0.257 e. The van der Waals surface area contributed by atoms with Crippen molar-refractivity contribution in [3.63, 3.8) is 0 Å². The standard InChI is InChI=1S/C25H26ClN3O3S/c1-17-4-3-5-21(16-17)28-25(30)23-11-6-18(2)27-24(23)19-12-14-29(15-13-19)33(31,32)22-9-7-20(26)8-10-22/h3-11,16,19H,12-15H2,1-2H3,(H,28,30). The molecule has 0 radical (unpaired) electrons. The number of aromatic nitrogens is 1. The van der Waals surface area contributed by atoms with Gasteiger partial charge in [0.2, 0.25) is 10.0 Å². The van der Waals surface area contributed by atoms with Crippen molar-refractivity contribution in [3.05, 3.63) is 88.2 Å². The molecule has 0 atom stereocenters. The molecule has 4 rings (SSSR count). The molecular weight excluding hydrogens is 458 g/mol. The number of piperidine rings is 1. The van der Waals surface area contributed by atoms with Gasteiger partial charge in [-0.1, -0.05) is 23.7 Å². The number of carbonyl (C=O) groups excluding carboxylic acids is 1. The van der Waals surface area contributed by atoms with Crippen LogP contribution in [-0.2, 0) is 10.0 Å². The molecule has 33 heavy (non-hydrogen) atoms. The SMILES string of the molecule is Cc1cccc(NC(=O)c2ccc(C)nc2C2CCN(S(=O)(=O)c3ccc(Cl)cc3)CC2)c1. The van der Waals surface area contributed by atoms with Gasteiger partial charge in [-0.25, -0.2) is 8.42 Å². The van der Waals surface area contributed by atoms with Gasteiger partial charge in [-0.2, -0.15) is 4.31 Å². The Kier molecular flexibility index (Phi) is 6.83. The number of carbonyl (C=O) groups is 1. The van der Waals surface area contributed by atoms with Gasteiger partial charge in [0.1, 0.15) is 0 Å². The van der Waals surface area contributed by atoms with Crippen LogP contribution in [0.2, 0.25) is 5.02 Å². The first kappa shape index (κ1) is 23.4. The van der Waals surface area contributed by atoms with Gasteiger partial charge in [0, 0.05) is 35.4 Å². The summed E-state index contributed by atoms with van der Waals surface area (Å²) in [6, 6.07) is 17.5. The number of sulfonamides is 1. The van der Waals surface area contributed by atoms with Crippen LogP contribution in [-0.4, -0.2) is 36.7 Å². The fourth-order valence-corrected chi connectivity index (χ4v) is 5.72. The summed E-state index contributed by atoms with van der Waals surface area (Å²) in [6.45, 7) is 4.60. The van der Waals surface area contributed by atoms with Crippen molar-refractivity contribution in [1.82, 2.24) is 9.29 Å². The summed E-state index contributed by atoms with van der Waals surface area (Å²) in [7, 11) is -3.59. The maximum absolute atomic E-state index is 13.1. The van der Waals surface area contributed by atoms with Crippen molar-refractivity contribution in [2.24, 2.45) is 0 Å². The lowest BCUT2D eigenvalue weighted by Gasteiger charge is -2.31. The lowest BCUT2D eigenvalue weighted by Crippen LogP contribution is -2.38. The van der Waals surface area contributed by atoms with Gasteiger partial charge in [-0.15, -0.1) is 0 Å². The van der Waals surface area contributed by atoms with Gasteiger partial charge < -0.3 is 5.32 Å². The van der Waals surface area contributed by atoms with Crippen LogP contribution in [0.15, 0.2) is 65.6 Å². The van der Waals surface area contributed by atoms with Gasteiger partial charge in [0.25, 0.3) is 5.91 Å². The topological polar surface area (TPSA) is 79.4 Å². The Labute approximate surface area is 199 Å². The van der Waals surface area contributed by atoms with Crippen LogP contribution in [0, 0.1) is 13.8 Å². The van der Waals surface area contributed by atoms with E-state index >= 15 is 0 Å². The van der Waals surface area contributed by atoms with Crippen LogP contribution in [0.25, 0.3) is 0 Å². The van der Waals surface area contributed by atoms with E-state index in [1.807, 2.05) is 44.2 Å². The van der Waals surface area contributed by atoms with Crippen molar-refractivity contribution >= 4 is 33.2 Å². The maximum Gasteiger partial charge on any atom is 0.257 e. The molecule has 2 heterocycles. The monoisotopic (exact) mass is 483 g/mol. The van der Waals surface area contributed by atoms with Crippen molar-refractivity contribution in [2.45, 2.75) is 37.5 Å². The zero-order chi connectivity index (χ0) is 23.6. The Morgan fingerprint density at radius 3 is 2.39 bits per heavy atom. The molecule has 6 nitrogen and oxygen atoms in total. The fourth-order valence-electron chi connectivity index (χ4n) is 4.13. The second-order valence-electron chi connectivity index (χ2n) is 8.34. The number of rotatable bonds is 5. The first-order chi connectivity index (χ1) is 15.7. The third kappa shape index (κ3) is 5.27. The van der Waals surface area contributed by atoms with Crippen LogP contribution in [0.5, 0.6) is 0 Å². The predicted octanol–water partition coefficient (Wildman–Crippen LogP) is 5.17. The number of nitrogens with zero attached hydrogens (tertiary/aromatic N) is 2. The molecule has 1 aromatic heterocycles. The van der Waals surface area contributed by atoms with E-state index in [0.29, 0.717) is 36.5 Å². The van der Waals surface area contributed by atoms with Gasteiger partial charge >= 0.3 is 0 Å². The predicted molar refractivity (Wildman–Crippen MR) is 130 cm³/mol. The Hall–Kier alpha value is -2.74. The van der Waals surface area contributed by atoms with Gasteiger partial charge in [-0.3, -0.25) is 9.78 Å². The van der Waals surface area contributed by atoms with Crippen molar-refractivity contribution in [1.29, 1.82) is 0 Å². The zero-order valence-corrected chi connectivity index (χ0v) is 20.2. The average molecular weight is 484 g/mol. The largest absolute Gasteiger partial charge is 0.322 e. The summed E-state index contributed by atoms with van der Waals surface area (Å²) in [4.78, 5) is 18.0. The summed E-state index contributed by atoms with van der Waals surface area (Å²) in [5.74, 6) is -0.209. The Balaban J connectivity index is 1.52. The minimum Gasteiger partial charge on any atom is -0.322 e. The molecule has 3 aromatic rings. The first-order valence-corrected chi connectivity index (χ1v) is 12.7. The average Bonchev–Trinajstić information content (AvgIpc) is 2.79. The molecule has 1 aliphatic heterocycles. The van der Waals surface area contributed by atoms with Crippen LogP contribution in [0.1, 0.15) is 46.1 Å². The number of hydrogen-bond acceptors (Lipinski definition) is 4. The highest BCUT2D eigenvalue weighted by atomic mass is 35.5. The highest BCUT2D eigenvalue weighted by Gasteiger charge is 2.32. The highest BCUT2D eigenvalue weighted by Crippen LogP contribution is 2.32. The molecule has 1 fully saturated rings. The lowest BCUT2D eigenvalue weighted by molar-refractivity contribution is 0.102. The van der Waals surface area contributed by atoms with Crippen molar-refractivity contribution < 1.29 is 13.2 Å². The minimum absolute atomic E-state index is 0.000160. The normalized spacial score (nSPS) is 15.4. The van der Waals surface area contributed by atoms with E-state index in [2.05, 4.69) is 10.3 Å². The molecule has 1 N–H and O–H groups in total. The number of hydrogen-bond donors (Lipinski definition) is 1. The van der Waals surface area contributed by atoms with E-state index in [-0.39, 0.29) is 16.7 Å². The molecule has 2 aromatic carbocycles. The summed E-state index contributed by atoms with van der Waals surface area (Å²) in [6.07, 6.45) is 1.18. The zero-order valence-electron chi connectivity index (χ0n) is 18.6. The Morgan fingerprint density at radius 2 is 1.73 bits per heavy atom. The molecule has 8 heteroatoms. The van der Waals surface area contributed by atoms with E-state index < -0.39 is 10.0 Å². The lowest BCUT2D eigenvalue weighted by atomic mass is 9.90. The second-order valence-corrected chi connectivity index (χ2v) is 10.7. The Morgan fingerprint density at radius 1 is 1.03 bits per heavy atom. The van der Waals surface area contributed by atoms with Gasteiger partial charge in [0.15, 0.2) is 0 Å². The molecule has 1 aliphatic rings. The van der Waals surface area contributed by atoms with E-state index in [0.717, 1.165) is 22.6 Å². The summed E-state index contributed by atoms with van der Waals surface area (Å²) in [5.41, 5.74) is 3.87. The van der Waals surface area contributed by atoms with Gasteiger partial charge in [-0.05, 0) is 80.8 Å². The van der Waals surface area contributed by atoms with Crippen molar-refractivity contribution in [3.8, 4) is 0 Å². The van der Waals surface area contributed by atoms with E-state index in [9.17, 15) is 13.2 Å².